The molecule has 154 valence electrons. The van der Waals surface area contributed by atoms with E-state index in [4.69, 9.17) is 10.5 Å². The molecular formula is C24H36N2O2. The van der Waals surface area contributed by atoms with Gasteiger partial charge in [0.1, 0.15) is 0 Å². The van der Waals surface area contributed by atoms with Gasteiger partial charge in [-0.2, -0.15) is 0 Å². The van der Waals surface area contributed by atoms with Crippen molar-refractivity contribution in [1.29, 1.82) is 0 Å². The molecule has 1 aromatic carbocycles. The predicted octanol–water partition coefficient (Wildman–Crippen LogP) is 4.77. The summed E-state index contributed by atoms with van der Waals surface area (Å²) in [6, 6.07) is 6.30. The lowest BCUT2D eigenvalue weighted by Crippen LogP contribution is -2.45. The lowest BCUT2D eigenvalue weighted by atomic mass is 9.73. The van der Waals surface area contributed by atoms with Crippen LogP contribution in [0.3, 0.4) is 0 Å². The minimum atomic E-state index is -0.336. The first-order chi connectivity index (χ1) is 13.4. The zero-order valence-corrected chi connectivity index (χ0v) is 17.8. The van der Waals surface area contributed by atoms with Gasteiger partial charge in [0.25, 0.3) is 0 Å². The number of ether oxygens (including phenoxy) is 1. The van der Waals surface area contributed by atoms with Crippen LogP contribution in [0.2, 0.25) is 0 Å². The Balaban J connectivity index is 1.99. The van der Waals surface area contributed by atoms with Crippen LogP contribution in [0.5, 0.6) is 0 Å². The summed E-state index contributed by atoms with van der Waals surface area (Å²) in [7, 11) is 1.74. The number of primary amides is 1. The molecule has 3 N–H and O–H groups in total. The van der Waals surface area contributed by atoms with Crippen LogP contribution in [0.15, 0.2) is 24.3 Å². The normalized spacial score (nSPS) is 21.2. The predicted molar refractivity (Wildman–Crippen MR) is 115 cm³/mol. The fraction of sp³-hybridized carbons (Fsp3) is 0.625. The smallest absolute Gasteiger partial charge is 0.249 e. The number of benzene rings is 1. The molecule has 1 fully saturated rings. The van der Waals surface area contributed by atoms with Crippen molar-refractivity contribution in [2.45, 2.75) is 70.8 Å². The average Bonchev–Trinajstić information content (AvgIpc) is 2.68. The highest BCUT2D eigenvalue weighted by atomic mass is 16.5. The van der Waals surface area contributed by atoms with Gasteiger partial charge >= 0.3 is 0 Å². The molecule has 0 radical (unpaired) electrons. The van der Waals surface area contributed by atoms with Crippen molar-refractivity contribution in [3.8, 4) is 0 Å². The Morgan fingerprint density at radius 3 is 2.54 bits per heavy atom. The Labute approximate surface area is 169 Å². The molecule has 2 aliphatic carbocycles. The third kappa shape index (κ3) is 4.66. The molecule has 0 atom stereocenters. The van der Waals surface area contributed by atoms with E-state index in [1.54, 1.807) is 7.11 Å². The molecule has 0 saturated heterocycles. The van der Waals surface area contributed by atoms with E-state index in [9.17, 15) is 4.79 Å². The van der Waals surface area contributed by atoms with Gasteiger partial charge in [0.05, 0.1) is 6.61 Å². The third-order valence-corrected chi connectivity index (χ3v) is 6.63. The number of allylic oxidation sites excluding steroid dienone is 2. The Kier molecular flexibility index (Phi) is 6.61. The Morgan fingerprint density at radius 1 is 1.18 bits per heavy atom. The fourth-order valence-corrected chi connectivity index (χ4v) is 4.76. The SMILES string of the molecule is COCCNC1(c2ccc(C(N)=O)c(C3=CCC(C)(C)CC3)c2)CCCCC1. The van der Waals surface area contributed by atoms with E-state index in [-0.39, 0.29) is 11.4 Å². The molecule has 1 saturated carbocycles. The largest absolute Gasteiger partial charge is 0.383 e. The molecule has 0 unspecified atom stereocenters. The van der Waals surface area contributed by atoms with Gasteiger partial charge in [-0.15, -0.1) is 0 Å². The molecule has 1 aromatic rings. The minimum Gasteiger partial charge on any atom is -0.383 e. The second-order valence-corrected chi connectivity index (χ2v) is 9.28. The second kappa shape index (κ2) is 8.79. The molecule has 4 heteroatoms. The zero-order valence-electron chi connectivity index (χ0n) is 17.8. The van der Waals surface area contributed by atoms with Gasteiger partial charge in [-0.05, 0) is 66.4 Å². The summed E-state index contributed by atoms with van der Waals surface area (Å²) in [5, 5.41) is 3.78. The Bertz CT molecular complexity index is 730. The third-order valence-electron chi connectivity index (χ3n) is 6.63. The van der Waals surface area contributed by atoms with Gasteiger partial charge in [0.15, 0.2) is 0 Å². The van der Waals surface area contributed by atoms with Crippen molar-refractivity contribution in [3.05, 3.63) is 41.0 Å². The lowest BCUT2D eigenvalue weighted by molar-refractivity contribution is 0.1000. The van der Waals surface area contributed by atoms with E-state index in [1.165, 1.54) is 30.4 Å². The number of amides is 1. The van der Waals surface area contributed by atoms with Crippen LogP contribution in [0.4, 0.5) is 0 Å². The average molecular weight is 385 g/mol. The maximum Gasteiger partial charge on any atom is 0.249 e. The molecule has 4 nitrogen and oxygen atoms in total. The number of methoxy groups -OCH3 is 1. The summed E-state index contributed by atoms with van der Waals surface area (Å²) >= 11 is 0. The van der Waals surface area contributed by atoms with E-state index in [1.807, 2.05) is 6.07 Å². The summed E-state index contributed by atoms with van der Waals surface area (Å²) in [6.07, 6.45) is 11.5. The molecule has 0 bridgehead atoms. The Hall–Kier alpha value is -1.65. The summed E-state index contributed by atoms with van der Waals surface area (Å²) in [4.78, 5) is 12.1. The fourth-order valence-electron chi connectivity index (χ4n) is 4.76. The van der Waals surface area contributed by atoms with E-state index < -0.39 is 0 Å². The van der Waals surface area contributed by atoms with Crippen molar-refractivity contribution in [1.82, 2.24) is 5.32 Å². The van der Waals surface area contributed by atoms with Crippen molar-refractivity contribution >= 4 is 11.5 Å². The Morgan fingerprint density at radius 2 is 1.93 bits per heavy atom. The van der Waals surface area contributed by atoms with Gasteiger partial charge in [0.2, 0.25) is 5.91 Å². The van der Waals surface area contributed by atoms with Gasteiger partial charge in [-0.25, -0.2) is 0 Å². The maximum atomic E-state index is 12.1. The van der Waals surface area contributed by atoms with Crippen molar-refractivity contribution in [2.75, 3.05) is 20.3 Å². The van der Waals surface area contributed by atoms with Crippen LogP contribution in [-0.2, 0) is 10.3 Å². The highest BCUT2D eigenvalue weighted by molar-refractivity contribution is 5.98. The van der Waals surface area contributed by atoms with Gasteiger partial charge in [-0.3, -0.25) is 4.79 Å². The first kappa shape index (κ1) is 21.1. The van der Waals surface area contributed by atoms with Gasteiger partial charge in [0, 0.05) is 24.8 Å². The van der Waals surface area contributed by atoms with E-state index >= 15 is 0 Å². The zero-order chi connectivity index (χ0) is 20.2. The highest BCUT2D eigenvalue weighted by Crippen LogP contribution is 2.42. The maximum absolute atomic E-state index is 12.1. The van der Waals surface area contributed by atoms with E-state index in [0.717, 1.165) is 44.2 Å². The lowest BCUT2D eigenvalue weighted by Gasteiger charge is -2.39. The number of carbonyl (C=O) groups is 1. The molecule has 0 aromatic heterocycles. The van der Waals surface area contributed by atoms with Crippen molar-refractivity contribution < 1.29 is 9.53 Å². The first-order valence-electron chi connectivity index (χ1n) is 10.7. The quantitative estimate of drug-likeness (QED) is 0.665. The van der Waals surface area contributed by atoms with Crippen LogP contribution in [0.25, 0.3) is 5.57 Å². The van der Waals surface area contributed by atoms with Crippen molar-refractivity contribution in [3.63, 3.8) is 0 Å². The number of carbonyl (C=O) groups excluding carboxylic acids is 1. The highest BCUT2D eigenvalue weighted by Gasteiger charge is 2.34. The number of nitrogens with two attached hydrogens (primary N) is 1. The van der Waals surface area contributed by atoms with E-state index in [2.05, 4.69) is 37.4 Å². The van der Waals surface area contributed by atoms with Crippen molar-refractivity contribution in [2.24, 2.45) is 11.1 Å². The summed E-state index contributed by atoms with van der Waals surface area (Å²) in [5.41, 5.74) is 10.3. The van der Waals surface area contributed by atoms with Gasteiger partial charge < -0.3 is 15.8 Å². The monoisotopic (exact) mass is 384 g/mol. The summed E-state index contributed by atoms with van der Waals surface area (Å²) < 4.78 is 5.27. The number of hydrogen-bond donors (Lipinski definition) is 2. The van der Waals surface area contributed by atoms with Crippen LogP contribution >= 0.6 is 0 Å². The molecule has 28 heavy (non-hydrogen) atoms. The summed E-state index contributed by atoms with van der Waals surface area (Å²) in [5.74, 6) is -0.336. The summed E-state index contributed by atoms with van der Waals surface area (Å²) in [6.45, 7) is 6.15. The van der Waals surface area contributed by atoms with Crippen LogP contribution in [-0.4, -0.2) is 26.2 Å². The molecule has 0 heterocycles. The number of hydrogen-bond acceptors (Lipinski definition) is 3. The molecule has 3 rings (SSSR count). The van der Waals surface area contributed by atoms with Crippen LogP contribution in [0, 0.1) is 5.41 Å². The number of rotatable bonds is 7. The topological polar surface area (TPSA) is 64.3 Å². The van der Waals surface area contributed by atoms with Gasteiger partial charge in [-0.1, -0.05) is 45.3 Å². The number of nitrogens with one attached hydrogen (secondary N) is 1. The first-order valence-corrected chi connectivity index (χ1v) is 10.7. The van der Waals surface area contributed by atoms with E-state index in [0.29, 0.717) is 17.6 Å². The molecule has 2 aliphatic rings. The molecular weight excluding hydrogens is 348 g/mol. The standard InChI is InChI=1S/C24H36N2O2/c1-23(2)13-9-18(10-14-23)21-17-19(7-8-20(21)22(25)27)24(26-15-16-28-3)11-5-4-6-12-24/h7-9,17,26H,4-6,10-16H2,1-3H3,(H2,25,27). The van der Waals surface area contributed by atoms with Crippen LogP contribution < -0.4 is 11.1 Å². The molecule has 1 amide bonds. The van der Waals surface area contributed by atoms with Crippen LogP contribution in [0.1, 0.15) is 86.7 Å². The minimum absolute atomic E-state index is 0.0315. The second-order valence-electron chi connectivity index (χ2n) is 9.28. The molecule has 0 spiro atoms. The molecule has 0 aliphatic heterocycles.